The minimum atomic E-state index is -0.558. The zero-order valence-corrected chi connectivity index (χ0v) is 19.9. The summed E-state index contributed by atoms with van der Waals surface area (Å²) < 4.78 is 10.4. The van der Waals surface area contributed by atoms with E-state index < -0.39 is 11.8 Å². The Labute approximate surface area is 209 Å². The molecule has 2 amide bonds. The number of carbonyl (C=O) groups is 2. The second kappa shape index (κ2) is 11.5. The van der Waals surface area contributed by atoms with Crippen molar-refractivity contribution in [2.75, 3.05) is 14.2 Å². The smallest absolute Gasteiger partial charge is 0.287 e. The van der Waals surface area contributed by atoms with E-state index in [0.717, 1.165) is 22.1 Å². The molecule has 4 aromatic carbocycles. The maximum absolute atomic E-state index is 13.0. The molecule has 4 aromatic rings. The Kier molecular flexibility index (Phi) is 7.73. The molecule has 0 bridgehead atoms. The molecule has 0 fully saturated rings. The molecule has 0 aromatic heterocycles. The first kappa shape index (κ1) is 24.2. The van der Waals surface area contributed by atoms with Crippen molar-refractivity contribution in [2.45, 2.75) is 0 Å². The van der Waals surface area contributed by atoms with Crippen LogP contribution in [0.1, 0.15) is 21.5 Å². The third-order valence-electron chi connectivity index (χ3n) is 5.41. The van der Waals surface area contributed by atoms with E-state index in [1.165, 1.54) is 0 Å². The highest BCUT2D eigenvalue weighted by Gasteiger charge is 2.14. The molecular weight excluding hydrogens is 454 g/mol. The summed E-state index contributed by atoms with van der Waals surface area (Å²) >= 11 is 0. The number of hydrazone groups is 1. The van der Waals surface area contributed by atoms with Gasteiger partial charge in [0.1, 0.15) is 17.2 Å². The molecule has 0 spiro atoms. The Morgan fingerprint density at radius 3 is 2.11 bits per heavy atom. The van der Waals surface area contributed by atoms with Crippen molar-refractivity contribution in [1.82, 2.24) is 10.7 Å². The van der Waals surface area contributed by atoms with Crippen LogP contribution in [-0.4, -0.2) is 32.2 Å². The first-order valence-corrected chi connectivity index (χ1v) is 11.2. The number of nitrogens with zero attached hydrogens (tertiary/aromatic N) is 1. The average molecular weight is 480 g/mol. The van der Waals surface area contributed by atoms with Crippen LogP contribution in [0.25, 0.3) is 16.8 Å². The van der Waals surface area contributed by atoms with Gasteiger partial charge in [-0.25, -0.2) is 5.43 Å². The summed E-state index contributed by atoms with van der Waals surface area (Å²) in [5, 5.41) is 8.82. The van der Waals surface area contributed by atoms with Crippen LogP contribution in [0, 0.1) is 0 Å². The molecule has 0 aliphatic rings. The van der Waals surface area contributed by atoms with E-state index in [1.807, 2.05) is 42.5 Å². The van der Waals surface area contributed by atoms with Gasteiger partial charge < -0.3 is 14.8 Å². The summed E-state index contributed by atoms with van der Waals surface area (Å²) in [4.78, 5) is 25.7. The molecule has 0 radical (unpaired) electrons. The molecule has 2 N–H and O–H groups in total. The van der Waals surface area contributed by atoms with Gasteiger partial charge in [0.05, 0.1) is 20.4 Å². The summed E-state index contributed by atoms with van der Waals surface area (Å²) in [7, 11) is 3.21. The maximum Gasteiger partial charge on any atom is 0.287 e. The van der Waals surface area contributed by atoms with Crippen LogP contribution in [0.3, 0.4) is 0 Å². The standard InChI is InChI=1S/C29H25N3O4/c1-35-25-13-9-20(10-14-25)17-27(31-28(33)22-6-4-3-5-7-22)29(34)32-30-19-21-8-11-24-18-26(36-2)15-12-23(24)16-21/h3-19H,1-2H3,(H,31,33)(H,32,34). The normalized spacial score (nSPS) is 11.3. The number of rotatable bonds is 8. The quantitative estimate of drug-likeness (QED) is 0.216. The average Bonchev–Trinajstić information content (AvgIpc) is 2.93. The zero-order valence-electron chi connectivity index (χ0n) is 19.9. The number of nitrogens with one attached hydrogen (secondary N) is 2. The monoisotopic (exact) mass is 479 g/mol. The number of fused-ring (bicyclic) bond motifs is 1. The van der Waals surface area contributed by atoms with Crippen molar-refractivity contribution in [1.29, 1.82) is 0 Å². The third-order valence-corrected chi connectivity index (χ3v) is 5.41. The lowest BCUT2D eigenvalue weighted by molar-refractivity contribution is -0.117. The largest absolute Gasteiger partial charge is 0.497 e. The Morgan fingerprint density at radius 1 is 0.750 bits per heavy atom. The van der Waals surface area contributed by atoms with Crippen LogP contribution in [0.2, 0.25) is 0 Å². The summed E-state index contributed by atoms with van der Waals surface area (Å²) in [6.07, 6.45) is 3.13. The van der Waals surface area contributed by atoms with Gasteiger partial charge in [0.15, 0.2) is 0 Å². The molecule has 0 aliphatic carbocycles. The summed E-state index contributed by atoms with van der Waals surface area (Å²) in [5.74, 6) is 0.506. The van der Waals surface area contributed by atoms with E-state index in [2.05, 4.69) is 15.8 Å². The number of ether oxygens (including phenoxy) is 2. The van der Waals surface area contributed by atoms with Crippen molar-refractivity contribution in [3.05, 3.63) is 113 Å². The van der Waals surface area contributed by atoms with Gasteiger partial charge in [-0.2, -0.15) is 5.10 Å². The molecule has 0 saturated carbocycles. The van der Waals surface area contributed by atoms with Crippen LogP contribution in [0.15, 0.2) is 102 Å². The topological polar surface area (TPSA) is 89.0 Å². The molecule has 180 valence electrons. The van der Waals surface area contributed by atoms with Crippen molar-refractivity contribution in [2.24, 2.45) is 5.10 Å². The van der Waals surface area contributed by atoms with Gasteiger partial charge in [-0.3, -0.25) is 9.59 Å². The van der Waals surface area contributed by atoms with E-state index in [9.17, 15) is 9.59 Å². The molecule has 0 heterocycles. The van der Waals surface area contributed by atoms with Gasteiger partial charge in [-0.1, -0.05) is 48.5 Å². The molecule has 0 atom stereocenters. The molecule has 0 saturated heterocycles. The number of methoxy groups -OCH3 is 2. The van der Waals surface area contributed by atoms with E-state index in [1.54, 1.807) is 75.0 Å². The fraction of sp³-hybridized carbons (Fsp3) is 0.0690. The lowest BCUT2D eigenvalue weighted by atomic mass is 10.1. The van der Waals surface area contributed by atoms with Gasteiger partial charge in [0, 0.05) is 5.56 Å². The van der Waals surface area contributed by atoms with E-state index in [-0.39, 0.29) is 5.70 Å². The first-order valence-electron chi connectivity index (χ1n) is 11.2. The van der Waals surface area contributed by atoms with E-state index >= 15 is 0 Å². The number of hydrogen-bond donors (Lipinski definition) is 2. The van der Waals surface area contributed by atoms with Crippen molar-refractivity contribution in [3.8, 4) is 11.5 Å². The Balaban J connectivity index is 1.52. The van der Waals surface area contributed by atoms with Crippen LogP contribution < -0.4 is 20.2 Å². The Bertz CT molecular complexity index is 1430. The van der Waals surface area contributed by atoms with Crippen molar-refractivity contribution < 1.29 is 19.1 Å². The van der Waals surface area contributed by atoms with Crippen LogP contribution in [-0.2, 0) is 4.79 Å². The molecule has 36 heavy (non-hydrogen) atoms. The number of amides is 2. The van der Waals surface area contributed by atoms with Crippen molar-refractivity contribution in [3.63, 3.8) is 0 Å². The molecule has 7 heteroatoms. The summed E-state index contributed by atoms with van der Waals surface area (Å²) in [5.41, 5.74) is 4.50. The highest BCUT2D eigenvalue weighted by atomic mass is 16.5. The molecular formula is C29H25N3O4. The lowest BCUT2D eigenvalue weighted by Gasteiger charge is -2.09. The SMILES string of the molecule is COc1ccc(C=C(NC(=O)c2ccccc2)C(=O)NN=Cc2ccc3cc(OC)ccc3c2)cc1. The molecule has 7 nitrogen and oxygen atoms in total. The minimum absolute atomic E-state index is 0.0526. The Hall–Kier alpha value is -4.91. The first-order chi connectivity index (χ1) is 17.6. The fourth-order valence-corrected chi connectivity index (χ4v) is 3.48. The highest BCUT2D eigenvalue weighted by molar-refractivity contribution is 6.05. The maximum atomic E-state index is 13.0. The molecule has 0 aliphatic heterocycles. The van der Waals surface area contributed by atoms with Gasteiger partial charge in [-0.05, 0) is 70.4 Å². The van der Waals surface area contributed by atoms with E-state index in [0.29, 0.717) is 16.9 Å². The van der Waals surface area contributed by atoms with Gasteiger partial charge in [0.25, 0.3) is 11.8 Å². The number of benzene rings is 4. The Morgan fingerprint density at radius 2 is 1.39 bits per heavy atom. The van der Waals surface area contributed by atoms with Gasteiger partial charge in [0.2, 0.25) is 0 Å². The van der Waals surface area contributed by atoms with Gasteiger partial charge >= 0.3 is 0 Å². The second-order valence-electron chi connectivity index (χ2n) is 7.82. The molecule has 0 unspecified atom stereocenters. The number of carbonyl (C=O) groups excluding carboxylic acids is 2. The van der Waals surface area contributed by atoms with Crippen LogP contribution in [0.4, 0.5) is 0 Å². The van der Waals surface area contributed by atoms with Crippen molar-refractivity contribution >= 4 is 34.9 Å². The predicted molar refractivity (Wildman–Crippen MR) is 141 cm³/mol. The fourth-order valence-electron chi connectivity index (χ4n) is 3.48. The highest BCUT2D eigenvalue weighted by Crippen LogP contribution is 2.21. The third kappa shape index (κ3) is 6.15. The second-order valence-corrected chi connectivity index (χ2v) is 7.82. The minimum Gasteiger partial charge on any atom is -0.497 e. The number of hydrogen-bond acceptors (Lipinski definition) is 5. The van der Waals surface area contributed by atoms with Crippen LogP contribution >= 0.6 is 0 Å². The van der Waals surface area contributed by atoms with Crippen LogP contribution in [0.5, 0.6) is 11.5 Å². The summed E-state index contributed by atoms with van der Waals surface area (Å²) in [6.45, 7) is 0. The predicted octanol–water partition coefficient (Wildman–Crippen LogP) is 4.78. The molecule has 4 rings (SSSR count). The van der Waals surface area contributed by atoms with E-state index in [4.69, 9.17) is 9.47 Å². The summed E-state index contributed by atoms with van der Waals surface area (Å²) in [6, 6.07) is 27.4. The zero-order chi connectivity index (χ0) is 25.3. The lowest BCUT2D eigenvalue weighted by Crippen LogP contribution is -2.32. The van der Waals surface area contributed by atoms with Gasteiger partial charge in [-0.15, -0.1) is 0 Å².